The van der Waals surface area contributed by atoms with Crippen molar-refractivity contribution < 1.29 is 13.9 Å². The third kappa shape index (κ3) is 4.29. The van der Waals surface area contributed by atoms with E-state index in [0.717, 1.165) is 39.1 Å². The zero-order valence-electron chi connectivity index (χ0n) is 20.1. The van der Waals surface area contributed by atoms with E-state index in [9.17, 15) is 14.0 Å². The zero-order valence-corrected chi connectivity index (χ0v) is 22.6. The van der Waals surface area contributed by atoms with E-state index in [1.807, 2.05) is 49.4 Å². The number of carbonyl (C=O) groups excluding carboxylic acids is 1. The fourth-order valence-electron chi connectivity index (χ4n) is 4.38. The van der Waals surface area contributed by atoms with Crippen molar-refractivity contribution in [2.75, 3.05) is 11.5 Å². The number of aromatic nitrogens is 3. The van der Waals surface area contributed by atoms with E-state index in [1.165, 1.54) is 16.6 Å². The van der Waals surface area contributed by atoms with Crippen molar-refractivity contribution in [1.29, 1.82) is 0 Å². The molecule has 0 saturated carbocycles. The molecule has 1 aliphatic heterocycles. The van der Waals surface area contributed by atoms with Gasteiger partial charge in [-0.15, -0.1) is 5.10 Å². The van der Waals surface area contributed by atoms with Gasteiger partial charge < -0.3 is 9.64 Å². The molecule has 1 aliphatic rings. The van der Waals surface area contributed by atoms with Gasteiger partial charge in [-0.25, -0.2) is 4.39 Å². The normalized spacial score (nSPS) is 14.4. The first-order chi connectivity index (χ1) is 18.4. The maximum Gasteiger partial charge on any atom is 0.291 e. The van der Waals surface area contributed by atoms with Gasteiger partial charge in [-0.3, -0.25) is 9.59 Å². The van der Waals surface area contributed by atoms with E-state index in [-0.39, 0.29) is 22.8 Å². The molecule has 3 heterocycles. The minimum atomic E-state index is -0.399. The predicted molar refractivity (Wildman–Crippen MR) is 148 cm³/mol. The second kappa shape index (κ2) is 9.77. The highest BCUT2D eigenvalue weighted by Crippen LogP contribution is 2.38. The van der Waals surface area contributed by atoms with Crippen LogP contribution in [0.1, 0.15) is 24.5 Å². The molecule has 2 aromatic heterocycles. The first kappa shape index (κ1) is 24.4. The molecule has 5 aromatic rings. The summed E-state index contributed by atoms with van der Waals surface area (Å²) in [5, 5.41) is 4.44. The highest BCUT2D eigenvalue weighted by Gasteiger charge is 2.34. The van der Waals surface area contributed by atoms with Crippen LogP contribution < -0.4 is 19.7 Å². The van der Waals surface area contributed by atoms with Crippen LogP contribution in [0.15, 0.2) is 76.0 Å². The second-order valence-corrected chi connectivity index (χ2v) is 10.7. The van der Waals surface area contributed by atoms with Gasteiger partial charge in [-0.05, 0) is 66.6 Å². The van der Waals surface area contributed by atoms with Crippen LogP contribution in [0.3, 0.4) is 0 Å². The Bertz CT molecular complexity index is 1800. The number of fused-ring (bicyclic) bond motifs is 2. The van der Waals surface area contributed by atoms with Gasteiger partial charge in [-0.2, -0.15) is 9.50 Å². The summed E-state index contributed by atoms with van der Waals surface area (Å²) in [6, 6.07) is 18.9. The number of hydrogen-bond donors (Lipinski definition) is 0. The van der Waals surface area contributed by atoms with Crippen LogP contribution in [-0.4, -0.2) is 27.1 Å². The molecule has 3 aromatic carbocycles. The van der Waals surface area contributed by atoms with Crippen LogP contribution >= 0.6 is 27.3 Å². The van der Waals surface area contributed by atoms with Crippen molar-refractivity contribution >= 4 is 49.4 Å². The third-order valence-electron chi connectivity index (χ3n) is 6.20. The number of benzene rings is 3. The lowest BCUT2D eigenvalue weighted by atomic mass is 10.1. The van der Waals surface area contributed by atoms with Crippen LogP contribution in [0, 0.1) is 5.82 Å². The van der Waals surface area contributed by atoms with E-state index < -0.39 is 5.56 Å². The molecule has 0 atom stereocenters. The van der Waals surface area contributed by atoms with Crippen molar-refractivity contribution in [1.82, 2.24) is 14.6 Å². The highest BCUT2D eigenvalue weighted by molar-refractivity contribution is 9.10. The van der Waals surface area contributed by atoms with Gasteiger partial charge in [0.15, 0.2) is 5.82 Å². The third-order valence-corrected chi connectivity index (χ3v) is 7.72. The van der Waals surface area contributed by atoms with Gasteiger partial charge in [0, 0.05) is 15.6 Å². The summed E-state index contributed by atoms with van der Waals surface area (Å²) in [5.41, 5.74) is 2.78. The van der Waals surface area contributed by atoms with E-state index in [1.54, 1.807) is 17.0 Å². The van der Waals surface area contributed by atoms with Crippen LogP contribution in [0.25, 0.3) is 21.9 Å². The van der Waals surface area contributed by atoms with E-state index in [2.05, 4.69) is 26.0 Å². The number of nitrogens with zero attached hydrogens (tertiary/aromatic N) is 4. The Balaban J connectivity index is 1.42. The Kier molecular flexibility index (Phi) is 6.29. The summed E-state index contributed by atoms with van der Waals surface area (Å²) >= 11 is 4.62. The molecular formula is C28H20BrFN4O3S. The molecule has 38 heavy (non-hydrogen) atoms. The van der Waals surface area contributed by atoms with E-state index in [0.29, 0.717) is 34.2 Å². The van der Waals surface area contributed by atoms with Gasteiger partial charge in [0.25, 0.3) is 11.5 Å². The number of carbonyl (C=O) groups is 1. The van der Waals surface area contributed by atoms with Crippen molar-refractivity contribution in [2.24, 2.45) is 0 Å². The molecule has 0 spiro atoms. The molecule has 7 nitrogen and oxygen atoms in total. The lowest BCUT2D eigenvalue weighted by Gasteiger charge is -2.17. The Morgan fingerprint density at radius 1 is 1.03 bits per heavy atom. The summed E-state index contributed by atoms with van der Waals surface area (Å²) in [6.07, 6.45) is 0.919. The Morgan fingerprint density at radius 2 is 1.79 bits per heavy atom. The van der Waals surface area contributed by atoms with Gasteiger partial charge in [-0.1, -0.05) is 46.3 Å². The van der Waals surface area contributed by atoms with Crippen molar-refractivity contribution in [3.63, 3.8) is 0 Å². The van der Waals surface area contributed by atoms with Gasteiger partial charge in [0.05, 0.1) is 24.4 Å². The number of hydrogen-bond acceptors (Lipinski definition) is 6. The Labute approximate surface area is 228 Å². The summed E-state index contributed by atoms with van der Waals surface area (Å²) in [5.74, 6) is 0.538. The van der Waals surface area contributed by atoms with Crippen molar-refractivity contribution in [2.45, 2.75) is 19.9 Å². The standard InChI is InChI=1S/C28H20BrFN4O3S/c1-2-13-37-20-10-5-17(6-11-20)25-31-28-34(32-25)27(36)24(38-28)23-21-14-18(29)7-12-22(21)33(26(23)35)15-16-3-8-19(30)9-4-16/h3-12,14H,2,13,15H2,1H3. The Morgan fingerprint density at radius 3 is 2.50 bits per heavy atom. The lowest BCUT2D eigenvalue weighted by molar-refractivity contribution is -0.113. The molecule has 0 unspecified atom stereocenters. The number of halogens is 2. The Hall–Kier alpha value is -3.89. The van der Waals surface area contributed by atoms with E-state index in [4.69, 9.17) is 4.74 Å². The number of anilines is 1. The topological polar surface area (TPSA) is 76.8 Å². The molecule has 190 valence electrons. The van der Waals surface area contributed by atoms with Gasteiger partial charge >= 0.3 is 0 Å². The van der Waals surface area contributed by atoms with Crippen molar-refractivity contribution in [3.8, 4) is 17.1 Å². The summed E-state index contributed by atoms with van der Waals surface area (Å²) in [6.45, 7) is 2.93. The zero-order chi connectivity index (χ0) is 26.4. The lowest BCUT2D eigenvalue weighted by Crippen LogP contribution is -2.32. The smallest absolute Gasteiger partial charge is 0.291 e. The highest BCUT2D eigenvalue weighted by atomic mass is 79.9. The number of ether oxygens (including phenoxy) is 1. The minimum absolute atomic E-state index is 0.244. The molecule has 10 heteroatoms. The molecule has 0 saturated heterocycles. The van der Waals surface area contributed by atoms with Crippen LogP contribution in [0.4, 0.5) is 10.1 Å². The van der Waals surface area contributed by atoms with Gasteiger partial charge in [0.1, 0.15) is 16.1 Å². The average Bonchev–Trinajstić information content (AvgIpc) is 3.55. The molecule has 0 fully saturated rings. The van der Waals surface area contributed by atoms with E-state index >= 15 is 0 Å². The molecule has 0 radical (unpaired) electrons. The maximum atomic E-state index is 13.7. The summed E-state index contributed by atoms with van der Waals surface area (Å²) in [7, 11) is 0. The fraction of sp³-hybridized carbons (Fsp3) is 0.143. The fourth-order valence-corrected chi connectivity index (χ4v) is 5.74. The molecular weight excluding hydrogens is 571 g/mol. The molecule has 0 bridgehead atoms. The summed E-state index contributed by atoms with van der Waals surface area (Å²) in [4.78, 5) is 33.8. The van der Waals surface area contributed by atoms with Crippen molar-refractivity contribution in [3.05, 3.63) is 103 Å². The molecule has 6 rings (SSSR count). The number of thiazole rings is 1. The van der Waals surface area contributed by atoms with Gasteiger partial charge in [0.2, 0.25) is 4.96 Å². The first-order valence-corrected chi connectivity index (χ1v) is 13.6. The molecule has 0 aliphatic carbocycles. The minimum Gasteiger partial charge on any atom is -0.494 e. The quantitative estimate of drug-likeness (QED) is 0.279. The second-order valence-electron chi connectivity index (χ2n) is 8.79. The monoisotopic (exact) mass is 590 g/mol. The average molecular weight is 591 g/mol. The SMILES string of the molecule is CCCOc1ccc(-c2nc3sc(=C4C(=O)N(Cc5ccc(F)cc5)c5ccc(Br)cc54)c(=O)n3n2)cc1. The molecule has 0 N–H and O–H groups in total. The number of amides is 1. The predicted octanol–water partition coefficient (Wildman–Crippen LogP) is 4.97. The van der Waals surface area contributed by atoms with Crippen LogP contribution in [-0.2, 0) is 11.3 Å². The first-order valence-electron chi connectivity index (χ1n) is 12.0. The largest absolute Gasteiger partial charge is 0.494 e. The number of rotatable bonds is 6. The van der Waals surface area contributed by atoms with Crippen LogP contribution in [0.2, 0.25) is 0 Å². The maximum absolute atomic E-state index is 13.7. The summed E-state index contributed by atoms with van der Waals surface area (Å²) < 4.78 is 21.4. The molecule has 1 amide bonds. The van der Waals surface area contributed by atoms with Crippen LogP contribution in [0.5, 0.6) is 5.75 Å².